The van der Waals surface area contributed by atoms with Crippen molar-refractivity contribution in [2.75, 3.05) is 58.8 Å². The zero-order valence-corrected chi connectivity index (χ0v) is 45.1. The average Bonchev–Trinajstić information content (AvgIpc) is 4.17. The van der Waals surface area contributed by atoms with E-state index in [1.807, 2.05) is 0 Å². The molecule has 9 rings (SSSR count). The first-order chi connectivity index (χ1) is 35.7. The number of ether oxygens (including phenoxy) is 3. The molecule has 74 heavy (non-hydrogen) atoms. The number of hydrogen-bond donors (Lipinski definition) is 3. The van der Waals surface area contributed by atoms with Crippen LogP contribution >= 0.6 is 68.8 Å². The summed E-state index contributed by atoms with van der Waals surface area (Å²) in [6, 6.07) is 31.5. The lowest BCUT2D eigenvalue weighted by atomic mass is 9.99. The molecule has 0 spiro atoms. The van der Waals surface area contributed by atoms with Crippen molar-refractivity contribution in [3.05, 3.63) is 178 Å². The van der Waals surface area contributed by atoms with Crippen molar-refractivity contribution in [3.8, 4) is 50.6 Å². The Morgan fingerprint density at radius 3 is 1.08 bits per heavy atom. The van der Waals surface area contributed by atoms with Crippen molar-refractivity contribution >= 4 is 84.2 Å². The molecular weight excluding hydrogens is 1080 g/mol. The number of anilines is 3. The van der Waals surface area contributed by atoms with Gasteiger partial charge in [0.15, 0.2) is 0 Å². The molecule has 0 bridgehead atoms. The molecule has 384 valence electrons. The molecule has 0 radical (unpaired) electrons. The summed E-state index contributed by atoms with van der Waals surface area (Å²) in [7, 11) is 9.29. The Balaban J connectivity index is 0.000000176. The van der Waals surface area contributed by atoms with Gasteiger partial charge in [0.05, 0.1) is 45.1 Å². The molecule has 0 saturated carbocycles. The molecule has 9 aromatic rings. The van der Waals surface area contributed by atoms with E-state index in [0.29, 0.717) is 122 Å². The number of nitrogens with zero attached hydrogens (tertiary/aromatic N) is 7. The van der Waals surface area contributed by atoms with Gasteiger partial charge in [-0.1, -0.05) is 129 Å². The Morgan fingerprint density at radius 2 is 0.824 bits per heavy atom. The van der Waals surface area contributed by atoms with Crippen molar-refractivity contribution in [2.24, 2.45) is 5.18 Å². The third kappa shape index (κ3) is 14.6. The highest BCUT2D eigenvalue weighted by molar-refractivity contribution is 7.15. The summed E-state index contributed by atoms with van der Waals surface area (Å²) in [5.41, 5.74) is 10.3. The first-order valence-corrected chi connectivity index (χ1v) is 25.5. The zero-order valence-electron chi connectivity index (χ0n) is 40.3. The summed E-state index contributed by atoms with van der Waals surface area (Å²) >= 11 is 22.1. The Hall–Kier alpha value is -6.94. The van der Waals surface area contributed by atoms with E-state index in [1.165, 1.54) is 62.4 Å². The molecule has 0 amide bonds. The fourth-order valence-electron chi connectivity index (χ4n) is 7.14. The standard InChI is InChI=1S/2C17H15ClFN3OS.C16H13ClFN3OS.CH3NO/c2*1-20-17-22-21-14(24-17)9-11-6-7-13(23-2)15(16(11)19)10-4-3-5-12(18)8-10;1-22-12-6-5-10(8-13-20-21-16(19)23-13)15(18)14(12)9-3-2-4-11(17)7-9;1-2-3/h2*3-8H,9H2,1-2H3,(H,20,22);2-7H,8H2,1H3,(H2,19,21);1H3. The number of nitrogens with one attached hydrogen (secondary N) is 2. The number of benzene rings is 6. The van der Waals surface area contributed by atoms with Crippen LogP contribution in [-0.2, 0) is 19.3 Å². The van der Waals surface area contributed by atoms with Gasteiger partial charge in [0.2, 0.25) is 15.4 Å². The summed E-state index contributed by atoms with van der Waals surface area (Å²) in [6.45, 7) is 0. The molecule has 0 saturated heterocycles. The largest absolute Gasteiger partial charge is 0.496 e. The van der Waals surface area contributed by atoms with Crippen molar-refractivity contribution in [2.45, 2.75) is 19.3 Å². The van der Waals surface area contributed by atoms with Gasteiger partial charge < -0.3 is 30.6 Å². The van der Waals surface area contributed by atoms with Crippen molar-refractivity contribution < 1.29 is 27.4 Å². The molecule has 4 N–H and O–H groups in total. The Bertz CT molecular complexity index is 3190. The summed E-state index contributed by atoms with van der Waals surface area (Å²) in [5.74, 6) is 0.347. The van der Waals surface area contributed by atoms with E-state index in [2.05, 4.69) is 46.4 Å². The Labute approximate surface area is 451 Å². The lowest BCUT2D eigenvalue weighted by Crippen LogP contribution is -1.98. The van der Waals surface area contributed by atoms with Crippen LogP contribution in [0.5, 0.6) is 17.2 Å². The maximum Gasteiger partial charge on any atom is 0.205 e. The number of hydrogen-bond acceptors (Lipinski definition) is 17. The number of nitrogen functional groups attached to an aromatic ring is 1. The first kappa shape index (κ1) is 56.4. The molecule has 0 aliphatic rings. The number of nitrogens with two attached hydrogens (primary N) is 1. The highest BCUT2D eigenvalue weighted by Crippen LogP contribution is 2.39. The van der Waals surface area contributed by atoms with Crippen LogP contribution in [0.4, 0.5) is 28.6 Å². The van der Waals surface area contributed by atoms with Crippen LogP contribution in [0.2, 0.25) is 15.1 Å². The Kier molecular flexibility index (Phi) is 20.9. The molecule has 23 heteroatoms. The van der Waals surface area contributed by atoms with Gasteiger partial charge in [-0.3, -0.25) is 0 Å². The normalized spacial score (nSPS) is 10.4. The average molecular weight is 1120 g/mol. The molecule has 0 atom stereocenters. The van der Waals surface area contributed by atoms with Gasteiger partial charge in [-0.25, -0.2) is 13.2 Å². The van der Waals surface area contributed by atoms with Gasteiger partial charge in [-0.15, -0.1) is 30.6 Å². The maximum absolute atomic E-state index is 15.1. The van der Waals surface area contributed by atoms with Gasteiger partial charge in [0.25, 0.3) is 0 Å². The summed E-state index contributed by atoms with van der Waals surface area (Å²) in [5, 5.41) is 37.4. The smallest absolute Gasteiger partial charge is 0.205 e. The van der Waals surface area contributed by atoms with Gasteiger partial charge in [0.1, 0.15) is 49.7 Å². The topological polar surface area (TPSA) is 185 Å². The molecule has 3 aromatic heterocycles. The van der Waals surface area contributed by atoms with Crippen LogP contribution < -0.4 is 30.6 Å². The minimum Gasteiger partial charge on any atom is -0.496 e. The van der Waals surface area contributed by atoms with Crippen molar-refractivity contribution in [1.82, 2.24) is 30.6 Å². The monoisotopic (exact) mass is 1120 g/mol. The fraction of sp³-hybridized carbons (Fsp3) is 0.176. The van der Waals surface area contributed by atoms with Crippen LogP contribution in [0.25, 0.3) is 33.4 Å². The molecule has 0 aliphatic carbocycles. The lowest BCUT2D eigenvalue weighted by Gasteiger charge is -2.13. The minimum absolute atomic E-state index is 0.318. The van der Waals surface area contributed by atoms with Gasteiger partial charge in [-0.05, 0) is 88.0 Å². The van der Waals surface area contributed by atoms with Gasteiger partial charge in [0, 0.05) is 48.4 Å². The molecule has 0 unspecified atom stereocenters. The summed E-state index contributed by atoms with van der Waals surface area (Å²) in [4.78, 5) is 8.56. The maximum atomic E-state index is 15.1. The summed E-state index contributed by atoms with van der Waals surface area (Å²) in [6.07, 6.45) is 1.05. The number of halogens is 6. The third-order valence-corrected chi connectivity index (χ3v) is 13.8. The van der Waals surface area contributed by atoms with E-state index >= 15 is 13.2 Å². The minimum atomic E-state index is -0.361. The van der Waals surface area contributed by atoms with Crippen molar-refractivity contribution in [3.63, 3.8) is 0 Å². The molecule has 3 heterocycles. The number of rotatable bonds is 14. The van der Waals surface area contributed by atoms with Crippen molar-refractivity contribution in [1.29, 1.82) is 0 Å². The molecule has 6 aromatic carbocycles. The molecule has 0 aliphatic heterocycles. The summed E-state index contributed by atoms with van der Waals surface area (Å²) < 4.78 is 61.2. The fourth-order valence-corrected chi connectivity index (χ4v) is 9.78. The SMILES string of the molecule is CN=O.CNc1nnc(Cc2ccc(OC)c(-c3cccc(Cl)c3)c2F)s1.CNc1nnc(Cc2ccc(OC)c(-c3cccc(Cl)c3)c2F)s1.COc1ccc(Cc2nnc(N)s2)c(F)c1-c1cccc(Cl)c1. The number of aromatic nitrogens is 6. The van der Waals surface area contributed by atoms with Crippen LogP contribution in [0.1, 0.15) is 31.7 Å². The molecular formula is C51H46Cl3F3N10O4S3. The predicted molar refractivity (Wildman–Crippen MR) is 294 cm³/mol. The van der Waals surface area contributed by atoms with E-state index in [4.69, 9.17) is 59.7 Å². The second-order valence-corrected chi connectivity index (χ2v) is 19.7. The van der Waals surface area contributed by atoms with E-state index in [0.717, 1.165) is 10.0 Å². The first-order valence-electron chi connectivity index (χ1n) is 21.9. The van der Waals surface area contributed by atoms with E-state index in [1.54, 1.807) is 123 Å². The Morgan fingerprint density at radius 1 is 0.514 bits per heavy atom. The second kappa shape index (κ2) is 27.4. The van der Waals surface area contributed by atoms with Crippen LogP contribution in [0, 0.1) is 22.4 Å². The number of methoxy groups -OCH3 is 3. The third-order valence-electron chi connectivity index (χ3n) is 10.4. The van der Waals surface area contributed by atoms with Crippen LogP contribution in [-0.4, -0.2) is 73.1 Å². The lowest BCUT2D eigenvalue weighted by molar-refractivity contribution is 0.413. The van der Waals surface area contributed by atoms with Crippen LogP contribution in [0.15, 0.2) is 114 Å². The molecule has 0 fully saturated rings. The van der Waals surface area contributed by atoms with E-state index in [-0.39, 0.29) is 17.5 Å². The van der Waals surface area contributed by atoms with E-state index in [9.17, 15) is 0 Å². The highest BCUT2D eigenvalue weighted by atomic mass is 35.5. The van der Waals surface area contributed by atoms with Gasteiger partial charge in [-0.2, -0.15) is 4.91 Å². The predicted octanol–water partition coefficient (Wildman–Crippen LogP) is 13.8. The number of nitroso groups, excluding NO2 is 1. The zero-order chi connectivity index (χ0) is 53.3. The van der Waals surface area contributed by atoms with Gasteiger partial charge >= 0.3 is 0 Å². The quantitative estimate of drug-likeness (QED) is 0.0875. The molecule has 14 nitrogen and oxygen atoms in total. The second-order valence-electron chi connectivity index (χ2n) is 15.1. The highest BCUT2D eigenvalue weighted by Gasteiger charge is 2.21. The van der Waals surface area contributed by atoms with Crippen LogP contribution in [0.3, 0.4) is 0 Å². The van der Waals surface area contributed by atoms with E-state index < -0.39 is 0 Å².